The number of carbonyl (C=O) groups is 1. The molecule has 0 aliphatic carbocycles. The molecular formula is C9H9F3N2O2. The Balaban J connectivity index is 2.77. The minimum absolute atomic E-state index is 0.0655. The first kappa shape index (κ1) is 12.3. The Morgan fingerprint density at radius 1 is 1.56 bits per heavy atom. The number of nitrogens with zero attached hydrogens (tertiary/aromatic N) is 1. The number of hydrogen-bond acceptors (Lipinski definition) is 4. The van der Waals surface area contributed by atoms with E-state index in [1.54, 1.807) is 0 Å². The maximum absolute atomic E-state index is 11.8. The molecule has 0 aromatic carbocycles. The maximum Gasteiger partial charge on any atom is 0.422 e. The molecule has 0 saturated heterocycles. The molecule has 0 amide bonds. The highest BCUT2D eigenvalue weighted by molar-refractivity contribution is 5.91. The molecule has 7 heteroatoms. The van der Waals surface area contributed by atoms with Crippen molar-refractivity contribution in [1.82, 2.24) is 4.98 Å². The highest BCUT2D eigenvalue weighted by Gasteiger charge is 2.30. The van der Waals surface area contributed by atoms with E-state index in [-0.39, 0.29) is 16.9 Å². The Morgan fingerprint density at radius 3 is 2.75 bits per heavy atom. The number of pyridine rings is 1. The van der Waals surface area contributed by atoms with Gasteiger partial charge >= 0.3 is 12.1 Å². The Kier molecular flexibility index (Phi) is 3.36. The van der Waals surface area contributed by atoms with Gasteiger partial charge in [0.15, 0.2) is 6.61 Å². The number of rotatable bonds is 2. The number of aryl methyl sites for hydroxylation is 1. The summed E-state index contributed by atoms with van der Waals surface area (Å²) < 4.78 is 39.5. The van der Waals surface area contributed by atoms with Gasteiger partial charge in [0.05, 0.1) is 23.1 Å². The number of nitrogens with two attached hydrogens (primary N) is 1. The van der Waals surface area contributed by atoms with Crippen molar-refractivity contribution < 1.29 is 22.7 Å². The van der Waals surface area contributed by atoms with Crippen molar-refractivity contribution in [3.63, 3.8) is 0 Å². The van der Waals surface area contributed by atoms with Crippen LogP contribution < -0.4 is 5.73 Å². The summed E-state index contributed by atoms with van der Waals surface area (Å²) in [7, 11) is 0. The van der Waals surface area contributed by atoms with Gasteiger partial charge in [0.25, 0.3) is 0 Å². The summed E-state index contributed by atoms with van der Waals surface area (Å²) >= 11 is 0. The lowest BCUT2D eigenvalue weighted by atomic mass is 10.2. The van der Waals surface area contributed by atoms with E-state index < -0.39 is 18.8 Å². The molecule has 88 valence electrons. The second kappa shape index (κ2) is 4.38. The van der Waals surface area contributed by atoms with Crippen molar-refractivity contribution in [2.45, 2.75) is 13.1 Å². The molecule has 0 radical (unpaired) electrons. The molecule has 0 spiro atoms. The summed E-state index contributed by atoms with van der Waals surface area (Å²) in [5.41, 5.74) is 5.74. The van der Waals surface area contributed by atoms with Crippen molar-refractivity contribution in [3.8, 4) is 0 Å². The summed E-state index contributed by atoms with van der Waals surface area (Å²) in [5, 5.41) is 0. The third kappa shape index (κ3) is 3.41. The van der Waals surface area contributed by atoms with Crippen LogP contribution in [0.1, 0.15) is 16.1 Å². The van der Waals surface area contributed by atoms with E-state index >= 15 is 0 Å². The minimum Gasteiger partial charge on any atom is -0.452 e. The third-order valence-electron chi connectivity index (χ3n) is 1.69. The number of nitrogen functional groups attached to an aromatic ring is 1. The standard InChI is InChI=1S/C9H9F3N2O2/c1-5-7(2-6(13)3-14-5)8(15)16-4-9(10,11)12/h2-3H,4,13H2,1H3. The van der Waals surface area contributed by atoms with Crippen LogP contribution in [0.25, 0.3) is 0 Å². The maximum atomic E-state index is 11.8. The molecule has 0 fully saturated rings. The normalized spacial score (nSPS) is 11.2. The van der Waals surface area contributed by atoms with Gasteiger partial charge in [0, 0.05) is 0 Å². The molecular weight excluding hydrogens is 225 g/mol. The number of esters is 1. The van der Waals surface area contributed by atoms with E-state index in [0.29, 0.717) is 0 Å². The monoisotopic (exact) mass is 234 g/mol. The fourth-order valence-corrected chi connectivity index (χ4v) is 0.981. The summed E-state index contributed by atoms with van der Waals surface area (Å²) in [6.07, 6.45) is -3.24. The predicted octanol–water partition coefficient (Wildman–Crippen LogP) is 1.69. The molecule has 0 saturated carbocycles. The third-order valence-corrected chi connectivity index (χ3v) is 1.69. The van der Waals surface area contributed by atoms with Crippen LogP contribution in [0.2, 0.25) is 0 Å². The molecule has 1 aromatic rings. The number of hydrogen-bond donors (Lipinski definition) is 1. The Morgan fingerprint density at radius 2 is 2.19 bits per heavy atom. The summed E-state index contributed by atoms with van der Waals surface area (Å²) in [6, 6.07) is 1.22. The number of alkyl halides is 3. The molecule has 0 atom stereocenters. The van der Waals surface area contributed by atoms with E-state index in [1.807, 2.05) is 0 Å². The Hall–Kier alpha value is -1.79. The Labute approximate surface area is 89.2 Å². The predicted molar refractivity (Wildman–Crippen MR) is 49.7 cm³/mol. The zero-order valence-electron chi connectivity index (χ0n) is 8.34. The van der Waals surface area contributed by atoms with Gasteiger partial charge in [-0.15, -0.1) is 0 Å². The molecule has 1 heterocycles. The SMILES string of the molecule is Cc1ncc(N)cc1C(=O)OCC(F)(F)F. The van der Waals surface area contributed by atoms with Gasteiger partial charge in [-0.05, 0) is 13.0 Å². The first-order valence-corrected chi connectivity index (χ1v) is 4.25. The van der Waals surface area contributed by atoms with Crippen LogP contribution in [-0.4, -0.2) is 23.7 Å². The van der Waals surface area contributed by atoms with Crippen molar-refractivity contribution in [1.29, 1.82) is 0 Å². The number of carbonyl (C=O) groups excluding carboxylic acids is 1. The van der Waals surface area contributed by atoms with Gasteiger partial charge in [0.1, 0.15) is 0 Å². The second-order valence-corrected chi connectivity index (χ2v) is 3.09. The van der Waals surface area contributed by atoms with Crippen LogP contribution in [0.4, 0.5) is 18.9 Å². The van der Waals surface area contributed by atoms with Crippen LogP contribution in [0.5, 0.6) is 0 Å². The second-order valence-electron chi connectivity index (χ2n) is 3.09. The minimum atomic E-state index is -4.54. The first-order chi connectivity index (χ1) is 7.29. The molecule has 4 nitrogen and oxygen atoms in total. The number of anilines is 1. The van der Waals surface area contributed by atoms with Gasteiger partial charge in [-0.25, -0.2) is 4.79 Å². The molecule has 0 aliphatic heterocycles. The smallest absolute Gasteiger partial charge is 0.422 e. The largest absolute Gasteiger partial charge is 0.452 e. The zero-order chi connectivity index (χ0) is 12.3. The fraction of sp³-hybridized carbons (Fsp3) is 0.333. The molecule has 2 N–H and O–H groups in total. The van der Waals surface area contributed by atoms with Crippen molar-refractivity contribution >= 4 is 11.7 Å². The highest BCUT2D eigenvalue weighted by atomic mass is 19.4. The topological polar surface area (TPSA) is 65.2 Å². The molecule has 16 heavy (non-hydrogen) atoms. The summed E-state index contributed by atoms with van der Waals surface area (Å²) in [4.78, 5) is 15.0. The molecule has 0 aliphatic rings. The van der Waals surface area contributed by atoms with Crippen LogP contribution in [-0.2, 0) is 4.74 Å². The zero-order valence-corrected chi connectivity index (χ0v) is 8.34. The van der Waals surface area contributed by atoms with Crippen LogP contribution in [0.15, 0.2) is 12.3 Å². The number of halogens is 3. The highest BCUT2D eigenvalue weighted by Crippen LogP contribution is 2.17. The number of aromatic nitrogens is 1. The quantitative estimate of drug-likeness (QED) is 0.791. The van der Waals surface area contributed by atoms with Gasteiger partial charge < -0.3 is 10.5 Å². The Bertz CT molecular complexity index is 404. The van der Waals surface area contributed by atoms with Crippen molar-refractivity contribution in [2.75, 3.05) is 12.3 Å². The first-order valence-electron chi connectivity index (χ1n) is 4.25. The lowest BCUT2D eigenvalue weighted by Crippen LogP contribution is -2.21. The molecule has 1 rings (SSSR count). The molecule has 0 unspecified atom stereocenters. The van der Waals surface area contributed by atoms with Crippen LogP contribution in [0, 0.1) is 6.92 Å². The number of ether oxygens (including phenoxy) is 1. The lowest BCUT2D eigenvalue weighted by molar-refractivity contribution is -0.161. The van der Waals surface area contributed by atoms with Gasteiger partial charge in [-0.1, -0.05) is 0 Å². The van der Waals surface area contributed by atoms with Crippen LogP contribution in [0.3, 0.4) is 0 Å². The van der Waals surface area contributed by atoms with E-state index in [1.165, 1.54) is 19.2 Å². The average molecular weight is 234 g/mol. The van der Waals surface area contributed by atoms with Gasteiger partial charge in [-0.3, -0.25) is 4.98 Å². The van der Waals surface area contributed by atoms with E-state index in [9.17, 15) is 18.0 Å². The fourth-order valence-electron chi connectivity index (χ4n) is 0.981. The summed E-state index contributed by atoms with van der Waals surface area (Å²) in [6.45, 7) is -0.149. The van der Waals surface area contributed by atoms with Gasteiger partial charge in [-0.2, -0.15) is 13.2 Å². The lowest BCUT2D eigenvalue weighted by Gasteiger charge is -2.09. The van der Waals surface area contributed by atoms with Crippen LogP contribution >= 0.6 is 0 Å². The van der Waals surface area contributed by atoms with Gasteiger partial charge in [0.2, 0.25) is 0 Å². The van der Waals surface area contributed by atoms with E-state index in [0.717, 1.165) is 0 Å². The molecule has 1 aromatic heterocycles. The molecule has 0 bridgehead atoms. The summed E-state index contributed by atoms with van der Waals surface area (Å²) in [5.74, 6) is -1.09. The van der Waals surface area contributed by atoms with E-state index in [4.69, 9.17) is 5.73 Å². The average Bonchev–Trinajstić information content (AvgIpc) is 2.17. The van der Waals surface area contributed by atoms with Crippen molar-refractivity contribution in [3.05, 3.63) is 23.5 Å². The van der Waals surface area contributed by atoms with Crippen molar-refractivity contribution in [2.24, 2.45) is 0 Å². The van der Waals surface area contributed by atoms with E-state index in [2.05, 4.69) is 9.72 Å².